The molecule has 0 unspecified atom stereocenters. The van der Waals surface area contributed by atoms with Gasteiger partial charge in [0.05, 0.1) is 42.4 Å². The first kappa shape index (κ1) is 29.4. The molecule has 0 amide bonds. The highest BCUT2D eigenvalue weighted by Crippen LogP contribution is 2.45. The summed E-state index contributed by atoms with van der Waals surface area (Å²) in [5.41, 5.74) is 3.56. The Labute approximate surface area is 247 Å². The van der Waals surface area contributed by atoms with Crippen molar-refractivity contribution in [2.45, 2.75) is 32.1 Å². The van der Waals surface area contributed by atoms with E-state index in [0.29, 0.717) is 16.5 Å². The summed E-state index contributed by atoms with van der Waals surface area (Å²) in [5.74, 6) is 0.287. The maximum absolute atomic E-state index is 13.5. The van der Waals surface area contributed by atoms with Gasteiger partial charge < -0.3 is 19.5 Å². The van der Waals surface area contributed by atoms with Crippen LogP contribution in [0.1, 0.15) is 40.3 Å². The number of thiocarbonyl (C=S) groups is 1. The molecule has 42 heavy (non-hydrogen) atoms. The van der Waals surface area contributed by atoms with Gasteiger partial charge in [-0.15, -0.1) is 0 Å². The topological polar surface area (TPSA) is 88.5 Å². The van der Waals surface area contributed by atoms with Crippen LogP contribution in [0.4, 0.5) is 24.5 Å². The molecular weight excluding hydrogens is 587 g/mol. The number of hydrogen-bond acceptors (Lipinski definition) is 5. The Morgan fingerprint density at radius 3 is 2.43 bits per heavy atom. The molecule has 1 fully saturated rings. The highest BCUT2D eigenvalue weighted by Gasteiger charge is 2.42. The van der Waals surface area contributed by atoms with Crippen LogP contribution in [0.25, 0.3) is 5.69 Å². The van der Waals surface area contributed by atoms with Gasteiger partial charge in [0, 0.05) is 35.0 Å². The molecule has 1 saturated heterocycles. The molecule has 4 aromatic rings. The number of sulfonamides is 1. The third-order valence-electron chi connectivity index (χ3n) is 7.08. The lowest BCUT2D eigenvalue weighted by Gasteiger charge is -2.29. The molecule has 2 atom stereocenters. The number of hydrogen-bond donors (Lipinski definition) is 2. The van der Waals surface area contributed by atoms with Gasteiger partial charge in [0.2, 0.25) is 10.0 Å². The number of pyridine rings is 1. The van der Waals surface area contributed by atoms with Crippen LogP contribution in [0.5, 0.6) is 5.75 Å². The molecular formula is C29H28F3N5O3S2. The number of aromatic nitrogens is 2. The highest BCUT2D eigenvalue weighted by molar-refractivity contribution is 7.92. The standard InChI is InChI=1S/C29H28F3N5O3S2/c1-17-14-22(18(2)36(17)20-9-7-8-19(15-20)29(30,31)32)27-26(24-10-5-6-13-33-24)34-28(41)37(27)21-11-12-23(25(16-21)40-3)35-42(4,38)39/h5-16,26-27,35H,1-4H3,(H,34,41)/t26-,27+/m1/s1. The minimum atomic E-state index is -4.48. The average Bonchev–Trinajstić information content (AvgIpc) is 3.43. The molecule has 0 saturated carbocycles. The third kappa shape index (κ3) is 5.66. The molecule has 5 rings (SSSR count). The number of methoxy groups -OCH3 is 1. The Morgan fingerprint density at radius 1 is 1.02 bits per heavy atom. The molecule has 1 aliphatic heterocycles. The molecule has 8 nitrogen and oxygen atoms in total. The molecule has 13 heteroatoms. The first-order valence-electron chi connectivity index (χ1n) is 12.8. The maximum Gasteiger partial charge on any atom is 0.416 e. The van der Waals surface area contributed by atoms with Crippen LogP contribution in [0, 0.1) is 13.8 Å². The van der Waals surface area contributed by atoms with Gasteiger partial charge in [0.25, 0.3) is 0 Å². The van der Waals surface area contributed by atoms with Crippen molar-refractivity contribution in [2.75, 3.05) is 23.0 Å². The van der Waals surface area contributed by atoms with Crippen LogP contribution in [0.15, 0.2) is 72.9 Å². The van der Waals surface area contributed by atoms with Gasteiger partial charge in [0.1, 0.15) is 5.75 Å². The zero-order chi connectivity index (χ0) is 30.4. The number of aryl methyl sites for hydroxylation is 1. The Hall–Kier alpha value is -4.10. The minimum Gasteiger partial charge on any atom is -0.494 e. The Balaban J connectivity index is 1.66. The zero-order valence-corrected chi connectivity index (χ0v) is 24.7. The fourth-order valence-corrected chi connectivity index (χ4v) is 6.28. The van der Waals surface area contributed by atoms with Crippen LogP contribution in [-0.2, 0) is 16.2 Å². The van der Waals surface area contributed by atoms with E-state index in [-0.39, 0.29) is 11.4 Å². The first-order valence-corrected chi connectivity index (χ1v) is 15.1. The fraction of sp³-hybridized carbons (Fsp3) is 0.241. The van der Waals surface area contributed by atoms with E-state index in [1.807, 2.05) is 36.9 Å². The van der Waals surface area contributed by atoms with Gasteiger partial charge in [-0.3, -0.25) is 9.71 Å². The molecule has 1 aliphatic rings. The third-order valence-corrected chi connectivity index (χ3v) is 7.98. The van der Waals surface area contributed by atoms with Crippen LogP contribution in [0.2, 0.25) is 0 Å². The predicted octanol–water partition coefficient (Wildman–Crippen LogP) is 6.07. The number of nitrogens with one attached hydrogen (secondary N) is 2. The van der Waals surface area contributed by atoms with Gasteiger partial charge in [-0.2, -0.15) is 13.2 Å². The van der Waals surface area contributed by atoms with Crippen LogP contribution in [0.3, 0.4) is 0 Å². The van der Waals surface area contributed by atoms with Crippen LogP contribution >= 0.6 is 12.2 Å². The van der Waals surface area contributed by atoms with Crippen molar-refractivity contribution in [1.29, 1.82) is 0 Å². The summed E-state index contributed by atoms with van der Waals surface area (Å²) in [6, 6.07) is 16.8. The van der Waals surface area contributed by atoms with Crippen molar-refractivity contribution in [1.82, 2.24) is 14.9 Å². The van der Waals surface area contributed by atoms with Crippen molar-refractivity contribution >= 4 is 38.7 Å². The summed E-state index contributed by atoms with van der Waals surface area (Å²) in [4.78, 5) is 6.45. The van der Waals surface area contributed by atoms with E-state index in [4.69, 9.17) is 17.0 Å². The Bertz CT molecular complexity index is 1760. The minimum absolute atomic E-state index is 0.266. The largest absolute Gasteiger partial charge is 0.494 e. The summed E-state index contributed by atoms with van der Waals surface area (Å²) in [6.07, 6.45) is -1.75. The molecule has 0 bridgehead atoms. The molecule has 0 spiro atoms. The number of rotatable bonds is 7. The summed E-state index contributed by atoms with van der Waals surface area (Å²) in [5, 5.41) is 3.76. The number of ether oxygens (including phenoxy) is 1. The van der Waals surface area contributed by atoms with Gasteiger partial charge in [-0.1, -0.05) is 12.1 Å². The van der Waals surface area contributed by atoms with E-state index in [1.165, 1.54) is 13.2 Å². The SMILES string of the molecule is COc1cc(N2C(=S)N[C@H](c3ccccn3)[C@@H]2c2cc(C)n(-c3cccc(C(F)(F)F)c3)c2C)ccc1NS(C)(=O)=O. The average molecular weight is 616 g/mol. The number of anilines is 2. The van der Waals surface area contributed by atoms with Gasteiger partial charge in [-0.05, 0) is 80.2 Å². The zero-order valence-electron chi connectivity index (χ0n) is 23.1. The normalized spacial score (nSPS) is 17.3. The second-order valence-corrected chi connectivity index (χ2v) is 12.1. The second-order valence-electron chi connectivity index (χ2n) is 9.97. The number of nitrogens with zero attached hydrogens (tertiary/aromatic N) is 3. The summed E-state index contributed by atoms with van der Waals surface area (Å²) in [7, 11) is -2.13. The molecule has 3 heterocycles. The van der Waals surface area contributed by atoms with Gasteiger partial charge >= 0.3 is 6.18 Å². The molecule has 0 radical (unpaired) electrons. The summed E-state index contributed by atoms with van der Waals surface area (Å²) < 4.78 is 74.1. The van der Waals surface area contributed by atoms with Crippen molar-refractivity contribution < 1.29 is 26.3 Å². The van der Waals surface area contributed by atoms with Crippen molar-refractivity contribution in [3.63, 3.8) is 0 Å². The van der Waals surface area contributed by atoms with Crippen LogP contribution < -0.4 is 19.7 Å². The summed E-state index contributed by atoms with van der Waals surface area (Å²) >= 11 is 5.81. The quantitative estimate of drug-likeness (QED) is 0.244. The van der Waals surface area contributed by atoms with E-state index < -0.39 is 33.8 Å². The van der Waals surface area contributed by atoms with Crippen molar-refractivity contribution in [3.8, 4) is 11.4 Å². The van der Waals surface area contributed by atoms with Crippen molar-refractivity contribution in [2.24, 2.45) is 0 Å². The first-order chi connectivity index (χ1) is 19.8. The molecule has 220 valence electrons. The number of halogens is 3. The lowest BCUT2D eigenvalue weighted by molar-refractivity contribution is -0.137. The monoisotopic (exact) mass is 615 g/mol. The Kier molecular flexibility index (Phi) is 7.66. The fourth-order valence-electron chi connectivity index (χ4n) is 5.37. The van der Waals surface area contributed by atoms with Gasteiger partial charge in [-0.25, -0.2) is 8.42 Å². The number of benzene rings is 2. The molecule has 0 aliphatic carbocycles. The van der Waals surface area contributed by atoms with E-state index in [0.717, 1.165) is 41.0 Å². The van der Waals surface area contributed by atoms with Gasteiger partial charge in [0.15, 0.2) is 5.11 Å². The smallest absolute Gasteiger partial charge is 0.416 e. The van der Waals surface area contributed by atoms with E-state index >= 15 is 0 Å². The molecule has 2 aromatic carbocycles. The summed E-state index contributed by atoms with van der Waals surface area (Å²) in [6.45, 7) is 3.70. The highest BCUT2D eigenvalue weighted by atomic mass is 32.2. The van der Waals surface area contributed by atoms with E-state index in [9.17, 15) is 21.6 Å². The second kappa shape index (κ2) is 11.0. The van der Waals surface area contributed by atoms with E-state index in [2.05, 4.69) is 15.0 Å². The maximum atomic E-state index is 13.5. The van der Waals surface area contributed by atoms with E-state index in [1.54, 1.807) is 41.1 Å². The molecule has 2 aromatic heterocycles. The lowest BCUT2D eigenvalue weighted by Crippen LogP contribution is -2.29. The lowest BCUT2D eigenvalue weighted by atomic mass is 9.96. The Morgan fingerprint density at radius 2 is 1.79 bits per heavy atom. The predicted molar refractivity (Wildman–Crippen MR) is 160 cm³/mol. The van der Waals surface area contributed by atoms with Crippen molar-refractivity contribution in [3.05, 3.63) is 101 Å². The van der Waals surface area contributed by atoms with Crippen LogP contribution in [-0.4, -0.2) is 36.4 Å². The number of alkyl halides is 3. The molecule has 2 N–H and O–H groups in total.